The minimum Gasteiger partial charge on any atom is -0.507 e. The van der Waals surface area contributed by atoms with Gasteiger partial charge in [0.2, 0.25) is 0 Å². The first-order valence-corrected chi connectivity index (χ1v) is 10.2. The van der Waals surface area contributed by atoms with Crippen LogP contribution in [-0.4, -0.2) is 40.2 Å². The Balaban J connectivity index is 1.67. The predicted octanol–water partition coefficient (Wildman–Crippen LogP) is 4.01. The Morgan fingerprint density at radius 1 is 0.656 bits per heavy atom. The molecule has 6 rings (SSSR count). The Bertz CT molecular complexity index is 1400. The molecule has 8 nitrogen and oxygen atoms in total. The Hall–Kier alpha value is -4.46. The predicted molar refractivity (Wildman–Crippen MR) is 120 cm³/mol. The van der Waals surface area contributed by atoms with E-state index in [-0.39, 0.29) is 11.5 Å². The molecule has 0 fully saturated rings. The van der Waals surface area contributed by atoms with Crippen LogP contribution >= 0.6 is 0 Å². The lowest BCUT2D eigenvalue weighted by atomic mass is 9.90. The van der Waals surface area contributed by atoms with Crippen molar-refractivity contribution in [3.63, 3.8) is 0 Å². The van der Waals surface area contributed by atoms with Gasteiger partial charge in [0, 0.05) is 17.6 Å². The molecule has 0 atom stereocenters. The molecule has 5 aromatic rings. The van der Waals surface area contributed by atoms with Gasteiger partial charge >= 0.3 is 0 Å². The highest BCUT2D eigenvalue weighted by molar-refractivity contribution is 5.81. The third kappa shape index (κ3) is 2.56. The van der Waals surface area contributed by atoms with Crippen molar-refractivity contribution in [3.8, 4) is 5.75 Å². The normalized spacial score (nSPS) is 15.6. The maximum Gasteiger partial charge on any atom is 0.251 e. The van der Waals surface area contributed by atoms with Crippen molar-refractivity contribution >= 4 is 27.6 Å². The van der Waals surface area contributed by atoms with Crippen LogP contribution in [0.2, 0.25) is 0 Å². The molecular formula is C24H18N6O2. The largest absolute Gasteiger partial charge is 0.507 e. The fourth-order valence-electron chi connectivity index (χ4n) is 4.13. The molecule has 1 aliphatic rings. The fraction of sp³-hybridized carbons (Fsp3) is 0.0833. The molecule has 0 saturated carbocycles. The molecule has 0 spiro atoms. The van der Waals surface area contributed by atoms with Gasteiger partial charge in [0.1, 0.15) is 27.8 Å². The monoisotopic (exact) mass is 422 g/mol. The molecule has 0 aliphatic heterocycles. The van der Waals surface area contributed by atoms with Gasteiger partial charge in [-0.2, -0.15) is 20.4 Å². The Morgan fingerprint density at radius 3 is 1.62 bits per heavy atom. The van der Waals surface area contributed by atoms with E-state index in [9.17, 15) is 10.2 Å². The number of aromatic nitrogens is 6. The van der Waals surface area contributed by atoms with E-state index in [1.54, 1.807) is 30.3 Å². The van der Waals surface area contributed by atoms with E-state index in [0.717, 1.165) is 0 Å². The van der Waals surface area contributed by atoms with Gasteiger partial charge in [0.05, 0.1) is 0 Å². The molecule has 0 unspecified atom stereocenters. The summed E-state index contributed by atoms with van der Waals surface area (Å²) in [6.07, 6.45) is 4.01. The van der Waals surface area contributed by atoms with Crippen molar-refractivity contribution in [2.24, 2.45) is 0 Å². The zero-order valence-electron chi connectivity index (χ0n) is 16.9. The second-order valence-electron chi connectivity index (χ2n) is 7.66. The quantitative estimate of drug-likeness (QED) is 0.455. The van der Waals surface area contributed by atoms with Crippen LogP contribution in [0.1, 0.15) is 12.0 Å². The summed E-state index contributed by atoms with van der Waals surface area (Å²) in [7, 11) is 0. The molecule has 32 heavy (non-hydrogen) atoms. The lowest BCUT2D eigenvalue weighted by molar-refractivity contribution is 0.118. The van der Waals surface area contributed by atoms with Crippen molar-refractivity contribution in [3.05, 3.63) is 96.3 Å². The van der Waals surface area contributed by atoms with Crippen molar-refractivity contribution in [2.45, 2.75) is 12.1 Å². The van der Waals surface area contributed by atoms with Gasteiger partial charge < -0.3 is 10.2 Å². The summed E-state index contributed by atoms with van der Waals surface area (Å²) < 4.78 is 0. The van der Waals surface area contributed by atoms with Crippen LogP contribution in [0.25, 0.3) is 27.6 Å². The van der Waals surface area contributed by atoms with Crippen LogP contribution in [0.15, 0.2) is 90.7 Å². The summed E-state index contributed by atoms with van der Waals surface area (Å²) in [5.41, 5.74) is 2.37. The number of hydrogen-bond donors (Lipinski definition) is 2. The molecule has 2 aromatic heterocycles. The molecule has 3 aromatic carbocycles. The van der Waals surface area contributed by atoms with E-state index in [1.807, 2.05) is 54.6 Å². The summed E-state index contributed by atoms with van der Waals surface area (Å²) in [4.78, 5) is 2.94. The van der Waals surface area contributed by atoms with Gasteiger partial charge in [-0.25, -0.2) is 0 Å². The second kappa shape index (κ2) is 6.78. The molecule has 2 heterocycles. The van der Waals surface area contributed by atoms with Crippen LogP contribution in [0, 0.1) is 0 Å². The molecule has 2 N–H and O–H groups in total. The Morgan fingerprint density at radius 2 is 1.12 bits per heavy atom. The molecule has 0 amide bonds. The smallest absolute Gasteiger partial charge is 0.251 e. The third-order valence-corrected chi connectivity index (χ3v) is 5.75. The average Bonchev–Trinajstić information content (AvgIpc) is 3.45. The number of hydrogen-bond acceptors (Lipinski definition) is 6. The molecule has 0 bridgehead atoms. The average molecular weight is 422 g/mol. The SMILES string of the molecule is OC1=C(c2ccccc2O)C=CCC1(n1nc2ccccc2n1)n1nc2ccccc2n1. The molecule has 0 radical (unpaired) electrons. The maximum atomic E-state index is 11.7. The van der Waals surface area contributed by atoms with Crippen LogP contribution < -0.4 is 0 Å². The number of aromatic hydroxyl groups is 1. The first-order chi connectivity index (χ1) is 15.7. The highest BCUT2D eigenvalue weighted by Gasteiger charge is 2.46. The van der Waals surface area contributed by atoms with Crippen molar-refractivity contribution in [1.29, 1.82) is 0 Å². The number of fused-ring (bicyclic) bond motifs is 2. The zero-order chi connectivity index (χ0) is 21.7. The zero-order valence-corrected chi connectivity index (χ0v) is 16.9. The first-order valence-electron chi connectivity index (χ1n) is 10.2. The van der Waals surface area contributed by atoms with Gasteiger partial charge in [0.25, 0.3) is 5.66 Å². The van der Waals surface area contributed by atoms with Crippen molar-refractivity contribution in [1.82, 2.24) is 30.0 Å². The lowest BCUT2D eigenvalue weighted by Gasteiger charge is -2.33. The van der Waals surface area contributed by atoms with Crippen LogP contribution in [0.4, 0.5) is 0 Å². The van der Waals surface area contributed by atoms with Crippen LogP contribution in [0.3, 0.4) is 0 Å². The molecule has 0 saturated heterocycles. The van der Waals surface area contributed by atoms with E-state index in [2.05, 4.69) is 20.4 Å². The molecule has 1 aliphatic carbocycles. The summed E-state index contributed by atoms with van der Waals surface area (Å²) >= 11 is 0. The van der Waals surface area contributed by atoms with Gasteiger partial charge in [-0.15, -0.1) is 9.59 Å². The van der Waals surface area contributed by atoms with Crippen molar-refractivity contribution < 1.29 is 10.2 Å². The number of benzene rings is 3. The van der Waals surface area contributed by atoms with Crippen molar-refractivity contribution in [2.75, 3.05) is 0 Å². The maximum absolute atomic E-state index is 11.7. The minimum atomic E-state index is -1.34. The topological polar surface area (TPSA) is 102 Å². The number of rotatable bonds is 3. The number of nitrogens with zero attached hydrogens (tertiary/aromatic N) is 6. The standard InChI is InChI=1S/C24H18N6O2/c31-22-14-6-1-8-16(22)17-9-7-15-24(23(17)32,29-25-18-10-2-3-11-19(18)26-29)30-27-20-12-4-5-13-21(20)28-30/h1-14,31-32H,15H2. The number of para-hydroxylation sites is 1. The first kappa shape index (κ1) is 18.3. The molecular weight excluding hydrogens is 404 g/mol. The number of allylic oxidation sites excluding steroid dienone is 4. The Labute approximate surface area is 182 Å². The molecule has 156 valence electrons. The van der Waals surface area contributed by atoms with E-state index in [1.165, 1.54) is 9.59 Å². The van der Waals surface area contributed by atoms with Gasteiger partial charge in [-0.1, -0.05) is 54.6 Å². The summed E-state index contributed by atoms with van der Waals surface area (Å²) in [5, 5.41) is 40.9. The van der Waals surface area contributed by atoms with E-state index in [4.69, 9.17) is 0 Å². The second-order valence-corrected chi connectivity index (χ2v) is 7.66. The lowest BCUT2D eigenvalue weighted by Crippen LogP contribution is -2.47. The summed E-state index contributed by atoms with van der Waals surface area (Å²) in [6.45, 7) is 0. The number of aliphatic hydroxyl groups is 1. The third-order valence-electron chi connectivity index (χ3n) is 5.75. The van der Waals surface area contributed by atoms with Gasteiger partial charge in [-0.3, -0.25) is 0 Å². The summed E-state index contributed by atoms with van der Waals surface area (Å²) in [5.74, 6) is 0.00813. The van der Waals surface area contributed by atoms with Crippen LogP contribution in [-0.2, 0) is 5.66 Å². The highest BCUT2D eigenvalue weighted by atomic mass is 16.3. The minimum absolute atomic E-state index is 0.0536. The van der Waals surface area contributed by atoms with Gasteiger partial charge in [-0.05, 0) is 30.3 Å². The van der Waals surface area contributed by atoms with Crippen LogP contribution in [0.5, 0.6) is 5.75 Å². The number of phenols is 1. The van der Waals surface area contributed by atoms with E-state index < -0.39 is 5.66 Å². The fourth-order valence-corrected chi connectivity index (χ4v) is 4.13. The van der Waals surface area contributed by atoms with E-state index >= 15 is 0 Å². The highest BCUT2D eigenvalue weighted by Crippen LogP contribution is 2.41. The number of phenolic OH excluding ortho intramolecular Hbond substituents is 1. The van der Waals surface area contributed by atoms with Gasteiger partial charge in [0.15, 0.2) is 5.76 Å². The number of aliphatic hydroxyl groups excluding tert-OH is 1. The molecule has 8 heteroatoms. The van der Waals surface area contributed by atoms with E-state index in [0.29, 0.717) is 39.6 Å². The summed E-state index contributed by atoms with van der Waals surface area (Å²) in [6, 6.07) is 21.9. The Kier molecular flexibility index (Phi) is 3.88.